The summed E-state index contributed by atoms with van der Waals surface area (Å²) in [7, 11) is 4.17. The maximum atomic E-state index is 13.4. The van der Waals surface area contributed by atoms with Gasteiger partial charge in [-0.05, 0) is 88.3 Å². The summed E-state index contributed by atoms with van der Waals surface area (Å²) < 4.78 is 25.7. The van der Waals surface area contributed by atoms with Gasteiger partial charge in [-0.25, -0.2) is 9.38 Å². The molecule has 2 aromatic carbocycles. The molecule has 2 atom stereocenters. The van der Waals surface area contributed by atoms with Crippen LogP contribution in [0.25, 0.3) is 0 Å². The Morgan fingerprint density at radius 3 is 2.52 bits per heavy atom. The molecule has 0 aliphatic carbocycles. The summed E-state index contributed by atoms with van der Waals surface area (Å²) >= 11 is 0. The van der Waals surface area contributed by atoms with Crippen LogP contribution in [-0.4, -0.2) is 43.6 Å². The monoisotopic (exact) mass is 396 g/mol. The lowest BCUT2D eigenvalue weighted by molar-refractivity contribution is 0.0264. The highest BCUT2D eigenvalue weighted by Gasteiger charge is 2.34. The molecule has 0 saturated carbocycles. The summed E-state index contributed by atoms with van der Waals surface area (Å²) in [5.41, 5.74) is 4.12. The predicted molar refractivity (Wildman–Crippen MR) is 113 cm³/mol. The van der Waals surface area contributed by atoms with Crippen LogP contribution in [-0.2, 0) is 9.47 Å². The molecular formula is C24H29FN2O2. The minimum atomic E-state index is -0.233. The number of halogens is 1. The van der Waals surface area contributed by atoms with E-state index in [2.05, 4.69) is 51.0 Å². The second-order valence-electron chi connectivity index (χ2n) is 8.86. The zero-order valence-electron chi connectivity index (χ0n) is 17.6. The van der Waals surface area contributed by atoms with Crippen LogP contribution in [0.3, 0.4) is 0 Å². The second-order valence-corrected chi connectivity index (χ2v) is 8.86. The first-order valence-corrected chi connectivity index (χ1v) is 10.2. The van der Waals surface area contributed by atoms with Gasteiger partial charge in [-0.3, -0.25) is 0 Å². The number of nitrogens with zero attached hydrogens (tertiary/aromatic N) is 2. The van der Waals surface area contributed by atoms with Crippen molar-refractivity contribution in [3.63, 3.8) is 0 Å². The highest BCUT2D eigenvalue weighted by atomic mass is 19.1. The number of benzene rings is 2. The van der Waals surface area contributed by atoms with Gasteiger partial charge in [0, 0.05) is 5.56 Å². The summed E-state index contributed by atoms with van der Waals surface area (Å²) in [6.07, 6.45) is 1.81. The standard InChI is InChI=1S/C24H29FN2O2/c1-24(2)15-28-23(26-24)17-9-12-19-20(14-17)21(6-5-13-27(3)4)29-22(19)16-7-10-18(25)11-8-16/h7-12,14,21-22H,5-6,13,15H2,1-4H3. The molecule has 0 aromatic heterocycles. The Morgan fingerprint density at radius 2 is 1.86 bits per heavy atom. The van der Waals surface area contributed by atoms with E-state index < -0.39 is 0 Å². The zero-order chi connectivity index (χ0) is 20.6. The van der Waals surface area contributed by atoms with Crippen molar-refractivity contribution in [1.29, 1.82) is 0 Å². The van der Waals surface area contributed by atoms with Crippen molar-refractivity contribution in [1.82, 2.24) is 4.90 Å². The molecule has 5 heteroatoms. The van der Waals surface area contributed by atoms with Gasteiger partial charge in [-0.2, -0.15) is 0 Å². The van der Waals surface area contributed by atoms with Crippen LogP contribution in [0.2, 0.25) is 0 Å². The molecule has 154 valence electrons. The van der Waals surface area contributed by atoms with Gasteiger partial charge < -0.3 is 14.4 Å². The molecule has 2 aliphatic heterocycles. The Morgan fingerprint density at radius 1 is 1.10 bits per heavy atom. The third-order valence-corrected chi connectivity index (χ3v) is 5.47. The maximum absolute atomic E-state index is 13.4. The van der Waals surface area contributed by atoms with E-state index in [0.717, 1.165) is 36.1 Å². The Kier molecular flexibility index (Phi) is 5.45. The number of hydrogen-bond donors (Lipinski definition) is 0. The number of rotatable bonds is 6. The number of aliphatic imine (C=N–C) groups is 1. The van der Waals surface area contributed by atoms with Crippen LogP contribution in [0.1, 0.15) is 61.2 Å². The van der Waals surface area contributed by atoms with E-state index in [9.17, 15) is 4.39 Å². The molecule has 0 amide bonds. The van der Waals surface area contributed by atoms with Crippen LogP contribution in [0.4, 0.5) is 4.39 Å². The smallest absolute Gasteiger partial charge is 0.216 e. The van der Waals surface area contributed by atoms with E-state index >= 15 is 0 Å². The van der Waals surface area contributed by atoms with Gasteiger partial charge in [0.15, 0.2) is 0 Å². The second kappa shape index (κ2) is 7.88. The Balaban J connectivity index is 1.66. The minimum Gasteiger partial charge on any atom is -0.475 e. The number of hydrogen-bond acceptors (Lipinski definition) is 4. The summed E-state index contributed by atoms with van der Waals surface area (Å²) in [5.74, 6) is 0.471. The normalized spacial score (nSPS) is 22.5. The van der Waals surface area contributed by atoms with E-state index in [1.54, 1.807) is 0 Å². The number of fused-ring (bicyclic) bond motifs is 1. The third-order valence-electron chi connectivity index (χ3n) is 5.47. The van der Waals surface area contributed by atoms with E-state index in [1.807, 2.05) is 12.1 Å². The van der Waals surface area contributed by atoms with Gasteiger partial charge in [0.25, 0.3) is 0 Å². The Labute approximate surface area is 172 Å². The number of ether oxygens (including phenoxy) is 2. The summed E-state index contributed by atoms with van der Waals surface area (Å²) in [5, 5.41) is 0. The van der Waals surface area contributed by atoms with Gasteiger partial charge >= 0.3 is 0 Å². The van der Waals surface area contributed by atoms with Gasteiger partial charge in [0.2, 0.25) is 5.90 Å². The topological polar surface area (TPSA) is 34.1 Å². The summed E-state index contributed by atoms with van der Waals surface area (Å²) in [4.78, 5) is 6.91. The fraction of sp³-hybridized carbons (Fsp3) is 0.458. The molecule has 2 aromatic rings. The van der Waals surface area contributed by atoms with Crippen molar-refractivity contribution in [2.24, 2.45) is 4.99 Å². The van der Waals surface area contributed by atoms with E-state index in [-0.39, 0.29) is 23.6 Å². The van der Waals surface area contributed by atoms with Crippen molar-refractivity contribution < 1.29 is 13.9 Å². The molecule has 0 N–H and O–H groups in total. The quantitative estimate of drug-likeness (QED) is 0.698. The summed E-state index contributed by atoms with van der Waals surface area (Å²) in [6, 6.07) is 13.0. The van der Waals surface area contributed by atoms with E-state index in [4.69, 9.17) is 14.5 Å². The first-order chi connectivity index (χ1) is 13.8. The van der Waals surface area contributed by atoms with Crippen molar-refractivity contribution in [3.05, 3.63) is 70.5 Å². The van der Waals surface area contributed by atoms with Crippen LogP contribution in [0, 0.1) is 5.82 Å². The molecule has 0 saturated heterocycles. The van der Waals surface area contributed by atoms with Gasteiger partial charge in [-0.15, -0.1) is 0 Å². The highest BCUT2D eigenvalue weighted by Crippen LogP contribution is 2.45. The average Bonchev–Trinajstić information content (AvgIpc) is 3.22. The van der Waals surface area contributed by atoms with Crippen LogP contribution in [0.15, 0.2) is 47.5 Å². The Bertz CT molecular complexity index is 906. The zero-order valence-corrected chi connectivity index (χ0v) is 17.6. The molecule has 0 fully saturated rings. The molecular weight excluding hydrogens is 367 g/mol. The molecule has 2 heterocycles. The van der Waals surface area contributed by atoms with E-state index in [1.165, 1.54) is 17.7 Å². The van der Waals surface area contributed by atoms with Crippen LogP contribution in [0.5, 0.6) is 0 Å². The molecule has 0 bridgehead atoms. The SMILES string of the molecule is CN(C)CCCC1OC(c2ccc(F)cc2)c2ccc(C3=NC(C)(C)CO3)cc21. The van der Waals surface area contributed by atoms with Crippen LogP contribution >= 0.6 is 0 Å². The molecule has 2 unspecified atom stereocenters. The fourth-order valence-corrected chi connectivity index (χ4v) is 3.98. The van der Waals surface area contributed by atoms with Gasteiger partial charge in [0.05, 0.1) is 11.6 Å². The lowest BCUT2D eigenvalue weighted by atomic mass is 9.94. The molecule has 2 aliphatic rings. The van der Waals surface area contributed by atoms with Crippen molar-refractivity contribution >= 4 is 5.90 Å². The van der Waals surface area contributed by atoms with Crippen molar-refractivity contribution in [3.8, 4) is 0 Å². The molecule has 0 radical (unpaired) electrons. The molecule has 4 nitrogen and oxygen atoms in total. The van der Waals surface area contributed by atoms with Crippen molar-refractivity contribution in [2.75, 3.05) is 27.2 Å². The fourth-order valence-electron chi connectivity index (χ4n) is 3.98. The largest absolute Gasteiger partial charge is 0.475 e. The van der Waals surface area contributed by atoms with E-state index in [0.29, 0.717) is 12.5 Å². The predicted octanol–water partition coefficient (Wildman–Crippen LogP) is 4.88. The molecule has 0 spiro atoms. The highest BCUT2D eigenvalue weighted by molar-refractivity contribution is 5.95. The van der Waals surface area contributed by atoms with Crippen LogP contribution < -0.4 is 0 Å². The summed E-state index contributed by atoms with van der Waals surface area (Å²) in [6.45, 7) is 5.76. The maximum Gasteiger partial charge on any atom is 0.216 e. The molecule has 4 rings (SSSR count). The van der Waals surface area contributed by atoms with Gasteiger partial charge in [-0.1, -0.05) is 18.2 Å². The Hall–Kier alpha value is -2.24. The third kappa shape index (κ3) is 4.36. The first kappa shape index (κ1) is 20.0. The molecule has 29 heavy (non-hydrogen) atoms. The van der Waals surface area contributed by atoms with Gasteiger partial charge in [0.1, 0.15) is 18.5 Å². The lowest BCUT2D eigenvalue weighted by Crippen LogP contribution is -2.17. The average molecular weight is 397 g/mol. The minimum absolute atomic E-state index is 0.00923. The lowest BCUT2D eigenvalue weighted by Gasteiger charge is -2.16. The van der Waals surface area contributed by atoms with Crippen molar-refractivity contribution in [2.45, 2.75) is 44.4 Å². The first-order valence-electron chi connectivity index (χ1n) is 10.2.